The van der Waals surface area contributed by atoms with Crippen LogP contribution in [0.15, 0.2) is 84.9 Å². The number of carbonyl (C=O) groups excluding carboxylic acids is 1. The second-order valence-corrected chi connectivity index (χ2v) is 5.83. The highest BCUT2D eigenvalue weighted by molar-refractivity contribution is 5.99. The third-order valence-electron chi connectivity index (χ3n) is 3.86. The highest BCUT2D eigenvalue weighted by Gasteiger charge is 2.05. The number of urea groups is 1. The highest BCUT2D eigenvalue weighted by atomic mass is 16.2. The molecule has 0 saturated carbocycles. The van der Waals surface area contributed by atoms with E-state index in [-0.39, 0.29) is 6.03 Å². The Bertz CT molecular complexity index is 802. The minimum absolute atomic E-state index is 0.253. The number of carbonyl (C=O) groups is 1. The summed E-state index contributed by atoms with van der Waals surface area (Å²) in [6.07, 6.45) is 0. The van der Waals surface area contributed by atoms with Crippen molar-refractivity contribution in [1.29, 1.82) is 0 Å². The summed E-state index contributed by atoms with van der Waals surface area (Å²) in [6.45, 7) is 0.835. The Morgan fingerprint density at radius 3 is 1.88 bits per heavy atom. The second kappa shape index (κ2) is 8.02. The molecule has 3 aromatic carbocycles. The molecule has 0 heterocycles. The van der Waals surface area contributed by atoms with Crippen molar-refractivity contribution in [3.8, 4) is 0 Å². The van der Waals surface area contributed by atoms with E-state index in [1.165, 1.54) is 5.56 Å². The topological polar surface area (TPSA) is 44.4 Å². The Labute approximate surface area is 148 Å². The van der Waals surface area contributed by atoms with Crippen molar-refractivity contribution >= 4 is 23.1 Å². The Hall–Kier alpha value is -3.27. The van der Waals surface area contributed by atoms with Gasteiger partial charge in [-0.3, -0.25) is 0 Å². The Morgan fingerprint density at radius 2 is 1.28 bits per heavy atom. The molecule has 3 aromatic rings. The number of rotatable bonds is 5. The maximum absolute atomic E-state index is 12.0. The molecule has 0 aliphatic carbocycles. The van der Waals surface area contributed by atoms with Gasteiger partial charge in [-0.2, -0.15) is 0 Å². The number of hydrogen-bond acceptors (Lipinski definition) is 2. The summed E-state index contributed by atoms with van der Waals surface area (Å²) in [7, 11) is 2.05. The molecule has 0 bridgehead atoms. The number of anilines is 3. The van der Waals surface area contributed by atoms with Crippen LogP contribution in [0.5, 0.6) is 0 Å². The van der Waals surface area contributed by atoms with Crippen LogP contribution in [0.2, 0.25) is 0 Å². The van der Waals surface area contributed by atoms with E-state index in [9.17, 15) is 4.79 Å². The van der Waals surface area contributed by atoms with Crippen LogP contribution in [0.4, 0.5) is 21.9 Å². The standard InChI is InChI=1S/C21H21N3O/c1-24(16-17-8-4-2-5-9-17)20-14-12-19(13-15-20)23-21(25)22-18-10-6-3-7-11-18/h2-15H,16H2,1H3,(H2,22,23,25). The summed E-state index contributed by atoms with van der Waals surface area (Å²) in [5.41, 5.74) is 3.87. The predicted octanol–water partition coefficient (Wildman–Crippen LogP) is 4.97. The zero-order valence-electron chi connectivity index (χ0n) is 14.1. The van der Waals surface area contributed by atoms with Crippen molar-refractivity contribution in [3.63, 3.8) is 0 Å². The van der Waals surface area contributed by atoms with Gasteiger partial charge in [0, 0.05) is 30.7 Å². The number of benzene rings is 3. The van der Waals surface area contributed by atoms with E-state index in [1.54, 1.807) is 0 Å². The highest BCUT2D eigenvalue weighted by Crippen LogP contribution is 2.19. The molecule has 3 rings (SSSR count). The molecule has 0 atom stereocenters. The lowest BCUT2D eigenvalue weighted by Crippen LogP contribution is -2.19. The van der Waals surface area contributed by atoms with Crippen LogP contribution in [0.3, 0.4) is 0 Å². The lowest BCUT2D eigenvalue weighted by atomic mass is 10.2. The fraction of sp³-hybridized carbons (Fsp3) is 0.0952. The van der Waals surface area contributed by atoms with E-state index in [1.807, 2.05) is 72.8 Å². The lowest BCUT2D eigenvalue weighted by Gasteiger charge is -2.20. The van der Waals surface area contributed by atoms with Crippen LogP contribution in [0.25, 0.3) is 0 Å². The summed E-state index contributed by atoms with van der Waals surface area (Å²) in [5.74, 6) is 0. The zero-order valence-corrected chi connectivity index (χ0v) is 14.1. The van der Waals surface area contributed by atoms with Gasteiger partial charge in [-0.05, 0) is 42.0 Å². The number of nitrogens with one attached hydrogen (secondary N) is 2. The maximum Gasteiger partial charge on any atom is 0.323 e. The smallest absolute Gasteiger partial charge is 0.323 e. The molecule has 0 spiro atoms. The van der Waals surface area contributed by atoms with Gasteiger partial charge >= 0.3 is 6.03 Å². The van der Waals surface area contributed by atoms with Gasteiger partial charge in [0.15, 0.2) is 0 Å². The molecule has 25 heavy (non-hydrogen) atoms. The number of para-hydroxylation sites is 1. The fourth-order valence-electron chi connectivity index (χ4n) is 2.56. The summed E-state index contributed by atoms with van der Waals surface area (Å²) in [4.78, 5) is 14.2. The largest absolute Gasteiger partial charge is 0.370 e. The molecule has 4 nitrogen and oxygen atoms in total. The van der Waals surface area contributed by atoms with Crippen molar-refractivity contribution < 1.29 is 4.79 Å². The first kappa shape index (κ1) is 16.6. The van der Waals surface area contributed by atoms with E-state index in [0.717, 1.165) is 23.6 Å². The van der Waals surface area contributed by atoms with Crippen LogP contribution in [0.1, 0.15) is 5.56 Å². The summed E-state index contributed by atoms with van der Waals surface area (Å²) in [5, 5.41) is 5.64. The molecular weight excluding hydrogens is 310 g/mol. The first-order valence-corrected chi connectivity index (χ1v) is 8.19. The quantitative estimate of drug-likeness (QED) is 0.693. The minimum Gasteiger partial charge on any atom is -0.370 e. The van der Waals surface area contributed by atoms with Gasteiger partial charge in [0.1, 0.15) is 0 Å². The van der Waals surface area contributed by atoms with Gasteiger partial charge in [-0.25, -0.2) is 4.79 Å². The Balaban J connectivity index is 1.57. The van der Waals surface area contributed by atoms with Gasteiger partial charge in [0.05, 0.1) is 0 Å². The van der Waals surface area contributed by atoms with Crippen LogP contribution in [-0.4, -0.2) is 13.1 Å². The average Bonchev–Trinajstić information content (AvgIpc) is 2.64. The Kier molecular flexibility index (Phi) is 5.32. The molecule has 0 aromatic heterocycles. The van der Waals surface area contributed by atoms with E-state index in [2.05, 4.69) is 34.7 Å². The molecule has 0 unspecified atom stereocenters. The SMILES string of the molecule is CN(Cc1ccccc1)c1ccc(NC(=O)Nc2ccccc2)cc1. The zero-order chi connectivity index (χ0) is 17.5. The lowest BCUT2D eigenvalue weighted by molar-refractivity contribution is 0.262. The van der Waals surface area contributed by atoms with Crippen LogP contribution in [0, 0.1) is 0 Å². The number of hydrogen-bond donors (Lipinski definition) is 2. The van der Waals surface area contributed by atoms with E-state index in [4.69, 9.17) is 0 Å². The second-order valence-electron chi connectivity index (χ2n) is 5.83. The van der Waals surface area contributed by atoms with Crippen molar-refractivity contribution in [2.75, 3.05) is 22.6 Å². The van der Waals surface area contributed by atoms with Crippen LogP contribution < -0.4 is 15.5 Å². The molecule has 2 amide bonds. The molecule has 126 valence electrons. The molecular formula is C21H21N3O. The summed E-state index contributed by atoms with van der Waals surface area (Å²) >= 11 is 0. The Morgan fingerprint density at radius 1 is 0.760 bits per heavy atom. The monoisotopic (exact) mass is 331 g/mol. The maximum atomic E-state index is 12.0. The molecule has 0 fully saturated rings. The minimum atomic E-state index is -0.253. The number of amides is 2. The molecule has 0 aliphatic rings. The van der Waals surface area contributed by atoms with Crippen molar-refractivity contribution in [2.45, 2.75) is 6.54 Å². The number of nitrogens with zero attached hydrogens (tertiary/aromatic N) is 1. The first-order valence-electron chi connectivity index (χ1n) is 8.19. The van der Waals surface area contributed by atoms with Gasteiger partial charge in [0.25, 0.3) is 0 Å². The molecule has 0 aliphatic heterocycles. The fourth-order valence-corrected chi connectivity index (χ4v) is 2.56. The van der Waals surface area contributed by atoms with E-state index >= 15 is 0 Å². The van der Waals surface area contributed by atoms with Gasteiger partial charge in [0.2, 0.25) is 0 Å². The normalized spacial score (nSPS) is 10.1. The van der Waals surface area contributed by atoms with E-state index < -0.39 is 0 Å². The first-order chi connectivity index (χ1) is 12.2. The molecule has 4 heteroatoms. The molecule has 2 N–H and O–H groups in total. The third kappa shape index (κ3) is 4.85. The van der Waals surface area contributed by atoms with E-state index in [0.29, 0.717) is 0 Å². The van der Waals surface area contributed by atoms with Crippen LogP contribution in [-0.2, 0) is 6.54 Å². The predicted molar refractivity (Wildman–Crippen MR) is 104 cm³/mol. The molecule has 0 radical (unpaired) electrons. The van der Waals surface area contributed by atoms with Crippen molar-refractivity contribution in [2.24, 2.45) is 0 Å². The van der Waals surface area contributed by atoms with Gasteiger partial charge in [-0.1, -0.05) is 48.5 Å². The van der Waals surface area contributed by atoms with Crippen molar-refractivity contribution in [1.82, 2.24) is 0 Å². The summed E-state index contributed by atoms with van der Waals surface area (Å²) < 4.78 is 0. The third-order valence-corrected chi connectivity index (χ3v) is 3.86. The van der Waals surface area contributed by atoms with Crippen molar-refractivity contribution in [3.05, 3.63) is 90.5 Å². The van der Waals surface area contributed by atoms with Gasteiger partial charge in [-0.15, -0.1) is 0 Å². The molecule has 0 saturated heterocycles. The summed E-state index contributed by atoms with van der Waals surface area (Å²) in [6, 6.07) is 27.3. The average molecular weight is 331 g/mol. The van der Waals surface area contributed by atoms with Crippen LogP contribution >= 0.6 is 0 Å². The van der Waals surface area contributed by atoms with Gasteiger partial charge < -0.3 is 15.5 Å².